The van der Waals surface area contributed by atoms with Crippen LogP contribution in [0.25, 0.3) is 0 Å². The average molecular weight is 296 g/mol. The van der Waals surface area contributed by atoms with Crippen LogP contribution in [0.5, 0.6) is 0 Å². The summed E-state index contributed by atoms with van der Waals surface area (Å²) in [7, 11) is 1.52. The van der Waals surface area contributed by atoms with Gasteiger partial charge < -0.3 is 10.6 Å². The molecule has 0 aliphatic heterocycles. The number of nitrogens with one attached hydrogen (secondary N) is 2. The fourth-order valence-electron chi connectivity index (χ4n) is 1.68. The molecule has 2 N–H and O–H groups in total. The van der Waals surface area contributed by atoms with Crippen molar-refractivity contribution >= 4 is 17.4 Å². The van der Waals surface area contributed by atoms with Crippen molar-refractivity contribution in [3.8, 4) is 0 Å². The largest absolute Gasteiger partial charge is 0.416 e. The number of anilines is 2. The monoisotopic (exact) mass is 296 g/mol. The van der Waals surface area contributed by atoms with Gasteiger partial charge in [0.1, 0.15) is 0 Å². The van der Waals surface area contributed by atoms with Crippen LogP contribution in [0.3, 0.4) is 0 Å². The topological polar surface area (TPSA) is 66.9 Å². The minimum atomic E-state index is -4.52. The van der Waals surface area contributed by atoms with Crippen molar-refractivity contribution < 1.29 is 18.0 Å². The van der Waals surface area contributed by atoms with Crippen molar-refractivity contribution in [3.63, 3.8) is 0 Å². The average Bonchev–Trinajstić information content (AvgIpc) is 2.46. The normalized spacial score (nSPS) is 11.0. The maximum atomic E-state index is 12.7. The van der Waals surface area contributed by atoms with Crippen molar-refractivity contribution in [1.29, 1.82) is 0 Å². The Hall–Kier alpha value is -2.64. The number of benzene rings is 1. The Morgan fingerprint density at radius 2 is 2.00 bits per heavy atom. The third-order valence-electron chi connectivity index (χ3n) is 2.67. The van der Waals surface area contributed by atoms with Gasteiger partial charge in [0.05, 0.1) is 11.1 Å². The summed E-state index contributed by atoms with van der Waals surface area (Å²) in [6.07, 6.45) is -3.10. The lowest BCUT2D eigenvalue weighted by Gasteiger charge is -2.13. The Labute approximate surface area is 118 Å². The van der Waals surface area contributed by atoms with Crippen LogP contribution in [0.1, 0.15) is 15.9 Å². The highest BCUT2D eigenvalue weighted by Crippen LogP contribution is 2.32. The van der Waals surface area contributed by atoms with Gasteiger partial charge in [0, 0.05) is 18.9 Å². The molecule has 0 aliphatic rings. The van der Waals surface area contributed by atoms with E-state index in [1.54, 1.807) is 6.07 Å². The Balaban J connectivity index is 2.34. The Morgan fingerprint density at radius 1 is 1.24 bits per heavy atom. The van der Waals surface area contributed by atoms with E-state index in [0.29, 0.717) is 0 Å². The van der Waals surface area contributed by atoms with E-state index >= 15 is 0 Å². The van der Waals surface area contributed by atoms with E-state index in [1.165, 1.54) is 25.4 Å². The van der Waals surface area contributed by atoms with Crippen LogP contribution < -0.4 is 10.6 Å². The van der Waals surface area contributed by atoms with Gasteiger partial charge in [0.2, 0.25) is 0 Å². The zero-order valence-electron chi connectivity index (χ0n) is 10.9. The molecule has 0 saturated heterocycles. The van der Waals surface area contributed by atoms with Crippen LogP contribution in [0.4, 0.5) is 24.7 Å². The lowest BCUT2D eigenvalue weighted by Crippen LogP contribution is -2.17. The minimum absolute atomic E-state index is 0.127. The molecule has 8 heteroatoms. The number of carbonyl (C=O) groups is 1. The summed E-state index contributed by atoms with van der Waals surface area (Å²) in [5.41, 5.74) is -0.742. The van der Waals surface area contributed by atoms with E-state index in [9.17, 15) is 18.0 Å². The minimum Gasteiger partial charge on any atom is -0.387 e. The Morgan fingerprint density at radius 3 is 2.57 bits per heavy atom. The smallest absolute Gasteiger partial charge is 0.387 e. The predicted molar refractivity (Wildman–Crippen MR) is 71.0 cm³/mol. The highest BCUT2D eigenvalue weighted by Gasteiger charge is 2.31. The van der Waals surface area contributed by atoms with Crippen LogP contribution in [-0.2, 0) is 6.18 Å². The standard InChI is InChI=1S/C13H11F3N4O/c1-17-10-5-4-8(13(14,15)16)7-9(10)12(21)19-11-3-2-6-18-20-11/h2-7,17H,1H3,(H,19,20,21). The number of aromatic nitrogens is 2. The molecule has 0 saturated carbocycles. The molecule has 0 spiro atoms. The van der Waals surface area contributed by atoms with E-state index in [2.05, 4.69) is 20.8 Å². The van der Waals surface area contributed by atoms with Gasteiger partial charge in [-0.15, -0.1) is 5.10 Å². The molecule has 0 aliphatic carbocycles. The first-order valence-corrected chi connectivity index (χ1v) is 5.90. The summed E-state index contributed by atoms with van der Waals surface area (Å²) in [6, 6.07) is 5.93. The van der Waals surface area contributed by atoms with E-state index < -0.39 is 17.6 Å². The van der Waals surface area contributed by atoms with Gasteiger partial charge in [0.25, 0.3) is 5.91 Å². The summed E-state index contributed by atoms with van der Waals surface area (Å²) >= 11 is 0. The third kappa shape index (κ3) is 3.47. The molecule has 1 aromatic carbocycles. The van der Waals surface area contributed by atoms with Crippen molar-refractivity contribution in [2.45, 2.75) is 6.18 Å². The van der Waals surface area contributed by atoms with Gasteiger partial charge in [-0.05, 0) is 30.3 Å². The molecule has 2 aromatic rings. The first-order valence-electron chi connectivity index (χ1n) is 5.90. The molecule has 1 aromatic heterocycles. The molecule has 2 rings (SSSR count). The van der Waals surface area contributed by atoms with Crippen molar-refractivity contribution in [3.05, 3.63) is 47.7 Å². The van der Waals surface area contributed by atoms with Gasteiger partial charge in [-0.25, -0.2) is 0 Å². The van der Waals surface area contributed by atoms with E-state index in [0.717, 1.165) is 12.1 Å². The number of carbonyl (C=O) groups excluding carboxylic acids is 1. The van der Waals surface area contributed by atoms with Gasteiger partial charge in [0.15, 0.2) is 5.82 Å². The molecular formula is C13H11F3N4O. The predicted octanol–water partition coefficient (Wildman–Crippen LogP) is 2.79. The molecule has 1 heterocycles. The summed E-state index contributed by atoms with van der Waals surface area (Å²) in [5, 5.41) is 12.3. The van der Waals surface area contributed by atoms with Crippen LogP contribution in [0.15, 0.2) is 36.5 Å². The summed E-state index contributed by atoms with van der Waals surface area (Å²) in [6.45, 7) is 0. The first kappa shape index (κ1) is 14.8. The molecule has 0 radical (unpaired) electrons. The molecule has 1 amide bonds. The van der Waals surface area contributed by atoms with E-state index in [1.807, 2.05) is 0 Å². The van der Waals surface area contributed by atoms with Gasteiger partial charge >= 0.3 is 6.18 Å². The number of hydrogen-bond donors (Lipinski definition) is 2. The lowest BCUT2D eigenvalue weighted by atomic mass is 10.1. The van der Waals surface area contributed by atoms with Crippen molar-refractivity contribution in [1.82, 2.24) is 10.2 Å². The number of halogens is 3. The Kier molecular flexibility index (Phi) is 4.06. The second kappa shape index (κ2) is 5.78. The first-order chi connectivity index (χ1) is 9.91. The van der Waals surface area contributed by atoms with E-state index in [-0.39, 0.29) is 17.1 Å². The van der Waals surface area contributed by atoms with Crippen molar-refractivity contribution in [2.24, 2.45) is 0 Å². The summed E-state index contributed by atoms with van der Waals surface area (Å²) < 4.78 is 38.2. The fraction of sp³-hybridized carbons (Fsp3) is 0.154. The van der Waals surface area contributed by atoms with Gasteiger partial charge in [-0.1, -0.05) is 0 Å². The molecule has 0 fully saturated rings. The number of alkyl halides is 3. The van der Waals surface area contributed by atoms with Crippen molar-refractivity contribution in [2.75, 3.05) is 17.7 Å². The highest BCUT2D eigenvalue weighted by molar-refractivity contribution is 6.07. The second-order valence-corrected chi connectivity index (χ2v) is 4.07. The second-order valence-electron chi connectivity index (χ2n) is 4.07. The lowest BCUT2D eigenvalue weighted by molar-refractivity contribution is -0.137. The third-order valence-corrected chi connectivity index (χ3v) is 2.67. The summed E-state index contributed by atoms with van der Waals surface area (Å²) in [5.74, 6) is -0.548. The number of hydrogen-bond acceptors (Lipinski definition) is 4. The van der Waals surface area contributed by atoms with Crippen LogP contribution in [0, 0.1) is 0 Å². The van der Waals surface area contributed by atoms with Gasteiger partial charge in [-0.3, -0.25) is 4.79 Å². The zero-order chi connectivity index (χ0) is 15.5. The summed E-state index contributed by atoms with van der Waals surface area (Å²) in [4.78, 5) is 12.1. The number of nitrogens with zero attached hydrogens (tertiary/aromatic N) is 2. The maximum Gasteiger partial charge on any atom is 0.416 e. The maximum absolute atomic E-state index is 12.7. The zero-order valence-corrected chi connectivity index (χ0v) is 10.9. The quantitative estimate of drug-likeness (QED) is 0.914. The molecule has 0 bridgehead atoms. The SMILES string of the molecule is CNc1ccc(C(F)(F)F)cc1C(=O)Nc1cccnn1. The fourth-order valence-corrected chi connectivity index (χ4v) is 1.68. The molecule has 110 valence electrons. The van der Waals surface area contributed by atoms with Gasteiger partial charge in [-0.2, -0.15) is 18.3 Å². The van der Waals surface area contributed by atoms with Crippen LogP contribution >= 0.6 is 0 Å². The molecular weight excluding hydrogens is 285 g/mol. The molecule has 0 atom stereocenters. The molecule has 0 unspecified atom stereocenters. The Bertz CT molecular complexity index is 644. The van der Waals surface area contributed by atoms with E-state index in [4.69, 9.17) is 0 Å². The highest BCUT2D eigenvalue weighted by atomic mass is 19.4. The molecule has 5 nitrogen and oxygen atoms in total. The van der Waals surface area contributed by atoms with Crippen LogP contribution in [0.2, 0.25) is 0 Å². The molecule has 21 heavy (non-hydrogen) atoms. The number of amides is 1. The van der Waals surface area contributed by atoms with Crippen LogP contribution in [-0.4, -0.2) is 23.2 Å². The number of rotatable bonds is 3.